The van der Waals surface area contributed by atoms with Crippen LogP contribution in [-0.4, -0.2) is 59.9 Å². The average Bonchev–Trinajstić information content (AvgIpc) is 3.55. The standard InChI is InChI=1S/C28H36N4O5S/c1-20(19-38)29-17-26(34)31-18-27(35)30-16-23(33)7-3-2-4-15-37-24-11-8-21(9-12-24)28(36)25-13-10-22-6-5-14-32(22)25/h8-13,29,38H,1-7,14-19H2,(H,30,35)(H,31,34). The minimum absolute atomic E-state index is 0.0101. The number of ketones is 2. The van der Waals surface area contributed by atoms with E-state index in [0.717, 1.165) is 37.9 Å². The van der Waals surface area contributed by atoms with Crippen LogP contribution in [0.25, 0.3) is 0 Å². The summed E-state index contributed by atoms with van der Waals surface area (Å²) in [5, 5.41) is 7.76. The molecule has 0 radical (unpaired) electrons. The molecule has 0 saturated carbocycles. The van der Waals surface area contributed by atoms with E-state index in [1.165, 1.54) is 5.69 Å². The van der Waals surface area contributed by atoms with Gasteiger partial charge in [0.25, 0.3) is 0 Å². The predicted octanol–water partition coefficient (Wildman–Crippen LogP) is 2.44. The number of carbonyl (C=O) groups excluding carboxylic acids is 4. The Morgan fingerprint density at radius 3 is 2.34 bits per heavy atom. The van der Waals surface area contributed by atoms with Crippen molar-refractivity contribution in [3.8, 4) is 5.75 Å². The highest BCUT2D eigenvalue weighted by Crippen LogP contribution is 2.22. The second kappa shape index (κ2) is 15.0. The fourth-order valence-corrected chi connectivity index (χ4v) is 4.21. The summed E-state index contributed by atoms with van der Waals surface area (Å²) in [7, 11) is 0. The summed E-state index contributed by atoms with van der Waals surface area (Å²) in [5.74, 6) is 0.316. The summed E-state index contributed by atoms with van der Waals surface area (Å²) in [6.07, 6.45) is 4.78. The molecule has 10 heteroatoms. The van der Waals surface area contributed by atoms with Crippen LogP contribution in [-0.2, 0) is 27.3 Å². The summed E-state index contributed by atoms with van der Waals surface area (Å²) < 4.78 is 7.87. The highest BCUT2D eigenvalue weighted by atomic mass is 32.1. The topological polar surface area (TPSA) is 119 Å². The van der Waals surface area contributed by atoms with E-state index in [1.54, 1.807) is 12.1 Å². The molecule has 9 nitrogen and oxygen atoms in total. The van der Waals surface area contributed by atoms with Crippen LogP contribution < -0.4 is 20.7 Å². The SMILES string of the molecule is C=C(CS)NCC(=O)NCC(=O)NCC(=O)CCCCCOc1ccc(C(=O)c2ccc3n2CCC3)cc1. The minimum atomic E-state index is -0.418. The second-order valence-electron chi connectivity index (χ2n) is 9.19. The van der Waals surface area contributed by atoms with Crippen molar-refractivity contribution in [1.82, 2.24) is 20.5 Å². The van der Waals surface area contributed by atoms with Crippen molar-refractivity contribution >= 4 is 36.0 Å². The maximum atomic E-state index is 12.8. The number of benzene rings is 1. The lowest BCUT2D eigenvalue weighted by Crippen LogP contribution is -2.41. The highest BCUT2D eigenvalue weighted by molar-refractivity contribution is 7.80. The van der Waals surface area contributed by atoms with Gasteiger partial charge in [0.2, 0.25) is 17.6 Å². The van der Waals surface area contributed by atoms with Gasteiger partial charge in [0.1, 0.15) is 5.75 Å². The molecule has 1 aliphatic rings. The first-order valence-electron chi connectivity index (χ1n) is 12.9. The zero-order valence-corrected chi connectivity index (χ0v) is 22.5. The van der Waals surface area contributed by atoms with Gasteiger partial charge in [-0.3, -0.25) is 19.2 Å². The molecule has 38 heavy (non-hydrogen) atoms. The van der Waals surface area contributed by atoms with Gasteiger partial charge in [-0.1, -0.05) is 6.58 Å². The second-order valence-corrected chi connectivity index (χ2v) is 9.50. The summed E-state index contributed by atoms with van der Waals surface area (Å²) in [6.45, 7) is 4.84. The minimum Gasteiger partial charge on any atom is -0.494 e. The number of hydrogen-bond acceptors (Lipinski definition) is 7. The van der Waals surface area contributed by atoms with Gasteiger partial charge in [-0.25, -0.2) is 0 Å². The molecule has 0 unspecified atom stereocenters. The third-order valence-electron chi connectivity index (χ3n) is 6.22. The lowest BCUT2D eigenvalue weighted by molar-refractivity contribution is -0.127. The lowest BCUT2D eigenvalue weighted by atomic mass is 10.1. The lowest BCUT2D eigenvalue weighted by Gasteiger charge is -2.09. The Balaban J connectivity index is 1.23. The van der Waals surface area contributed by atoms with Gasteiger partial charge in [0.15, 0.2) is 5.78 Å². The molecule has 0 aliphatic carbocycles. The Bertz CT molecular complexity index is 1140. The number of nitrogens with zero attached hydrogens (tertiary/aromatic N) is 1. The molecule has 0 atom stereocenters. The van der Waals surface area contributed by atoms with Gasteiger partial charge in [-0.15, -0.1) is 0 Å². The van der Waals surface area contributed by atoms with Crippen molar-refractivity contribution in [2.45, 2.75) is 45.1 Å². The average molecular weight is 541 g/mol. The van der Waals surface area contributed by atoms with Crippen LogP contribution >= 0.6 is 12.6 Å². The van der Waals surface area contributed by atoms with Gasteiger partial charge >= 0.3 is 0 Å². The number of ether oxygens (including phenoxy) is 1. The van der Waals surface area contributed by atoms with Crippen LogP contribution in [0, 0.1) is 0 Å². The number of fused-ring (bicyclic) bond motifs is 1. The number of aryl methyl sites for hydroxylation is 1. The number of hydrogen-bond donors (Lipinski definition) is 4. The van der Waals surface area contributed by atoms with E-state index in [2.05, 4.69) is 39.7 Å². The van der Waals surface area contributed by atoms with Crippen molar-refractivity contribution in [2.75, 3.05) is 32.0 Å². The third-order valence-corrected chi connectivity index (χ3v) is 6.60. The fraction of sp³-hybridized carbons (Fsp3) is 0.429. The van der Waals surface area contributed by atoms with Gasteiger partial charge in [-0.05, 0) is 68.5 Å². The molecular weight excluding hydrogens is 504 g/mol. The largest absolute Gasteiger partial charge is 0.494 e. The molecule has 204 valence electrons. The molecule has 3 rings (SSSR count). The molecule has 2 heterocycles. The maximum Gasteiger partial charge on any atom is 0.239 e. The number of thiol groups is 1. The maximum absolute atomic E-state index is 12.8. The molecule has 1 aromatic carbocycles. The van der Waals surface area contributed by atoms with Crippen LogP contribution in [0.5, 0.6) is 5.75 Å². The Labute approximate surface area is 228 Å². The Morgan fingerprint density at radius 1 is 0.895 bits per heavy atom. The van der Waals surface area contributed by atoms with Crippen LogP contribution in [0.15, 0.2) is 48.7 Å². The van der Waals surface area contributed by atoms with Crippen LogP contribution in [0.3, 0.4) is 0 Å². The number of unbranched alkanes of at least 4 members (excludes halogenated alkanes) is 2. The number of nitrogens with one attached hydrogen (secondary N) is 3. The van der Waals surface area contributed by atoms with E-state index in [-0.39, 0.29) is 37.1 Å². The first-order chi connectivity index (χ1) is 18.4. The molecule has 0 bridgehead atoms. The smallest absolute Gasteiger partial charge is 0.239 e. The van der Waals surface area contributed by atoms with Gasteiger partial charge in [0.05, 0.1) is 31.9 Å². The van der Waals surface area contributed by atoms with Gasteiger partial charge in [0, 0.05) is 35.7 Å². The zero-order valence-electron chi connectivity index (χ0n) is 21.6. The Morgan fingerprint density at radius 2 is 1.61 bits per heavy atom. The van der Waals surface area contributed by atoms with Crippen LogP contribution in [0.2, 0.25) is 0 Å². The molecule has 0 spiro atoms. The first-order valence-corrected chi connectivity index (χ1v) is 13.5. The number of carbonyl (C=O) groups is 4. The summed E-state index contributed by atoms with van der Waals surface area (Å²) in [4.78, 5) is 48.2. The van der Waals surface area contributed by atoms with Crippen LogP contribution in [0.1, 0.15) is 53.8 Å². The van der Waals surface area contributed by atoms with E-state index in [1.807, 2.05) is 24.3 Å². The summed E-state index contributed by atoms with van der Waals surface area (Å²) in [6, 6.07) is 11.2. The van der Waals surface area contributed by atoms with Crippen molar-refractivity contribution in [3.63, 3.8) is 0 Å². The van der Waals surface area contributed by atoms with E-state index in [0.29, 0.717) is 42.2 Å². The fourth-order valence-electron chi connectivity index (χ4n) is 4.10. The van der Waals surface area contributed by atoms with Crippen LogP contribution in [0.4, 0.5) is 0 Å². The number of amides is 2. The zero-order chi connectivity index (χ0) is 27.3. The molecular formula is C28H36N4O5S. The van der Waals surface area contributed by atoms with Crippen molar-refractivity contribution < 1.29 is 23.9 Å². The third kappa shape index (κ3) is 9.09. The van der Waals surface area contributed by atoms with E-state index in [9.17, 15) is 19.2 Å². The first kappa shape index (κ1) is 29.0. The summed E-state index contributed by atoms with van der Waals surface area (Å²) in [5.41, 5.74) is 3.22. The molecule has 1 aromatic heterocycles. The monoisotopic (exact) mass is 540 g/mol. The van der Waals surface area contributed by atoms with E-state index >= 15 is 0 Å². The Kier molecular flexibility index (Phi) is 11.5. The highest BCUT2D eigenvalue weighted by Gasteiger charge is 2.19. The van der Waals surface area contributed by atoms with Crippen molar-refractivity contribution in [1.29, 1.82) is 0 Å². The van der Waals surface area contributed by atoms with E-state index in [4.69, 9.17) is 4.74 Å². The van der Waals surface area contributed by atoms with Gasteiger partial charge in [-0.2, -0.15) is 12.6 Å². The summed E-state index contributed by atoms with van der Waals surface area (Å²) >= 11 is 4.02. The van der Waals surface area contributed by atoms with E-state index < -0.39 is 5.91 Å². The molecule has 2 aromatic rings. The molecule has 3 N–H and O–H groups in total. The van der Waals surface area contributed by atoms with Crippen molar-refractivity contribution in [2.24, 2.45) is 0 Å². The quantitative estimate of drug-likeness (QED) is 0.139. The predicted molar refractivity (Wildman–Crippen MR) is 149 cm³/mol. The van der Waals surface area contributed by atoms with Crippen molar-refractivity contribution in [3.05, 3.63) is 65.6 Å². The number of Topliss-reactive ketones (excluding diaryl/α,β-unsaturated/α-hetero) is 1. The molecule has 0 fully saturated rings. The molecule has 0 saturated heterocycles. The molecule has 1 aliphatic heterocycles. The number of aromatic nitrogens is 1. The molecule has 2 amide bonds. The normalized spacial score (nSPS) is 11.9. The Hall–Kier alpha value is -3.53. The number of rotatable bonds is 17. The van der Waals surface area contributed by atoms with Gasteiger partial charge < -0.3 is 25.3 Å².